The van der Waals surface area contributed by atoms with E-state index in [9.17, 15) is 4.79 Å². The molecule has 1 nitrogen and oxygen atoms in total. The van der Waals surface area contributed by atoms with Crippen LogP contribution in [0, 0.1) is 5.92 Å². The third-order valence-electron chi connectivity index (χ3n) is 3.35. The van der Waals surface area contributed by atoms with Gasteiger partial charge in [-0.25, -0.2) is 0 Å². The molecule has 0 atom stereocenters. The first-order valence-electron chi connectivity index (χ1n) is 5.58. The van der Waals surface area contributed by atoms with Gasteiger partial charge in [0.15, 0.2) is 5.78 Å². The van der Waals surface area contributed by atoms with Crippen molar-refractivity contribution in [2.24, 2.45) is 5.92 Å². The van der Waals surface area contributed by atoms with Gasteiger partial charge < -0.3 is 0 Å². The average molecular weight is 178 g/mol. The summed E-state index contributed by atoms with van der Waals surface area (Å²) in [4.78, 5) is 11.7. The van der Waals surface area contributed by atoms with Crippen molar-refractivity contribution >= 4 is 5.78 Å². The highest BCUT2D eigenvalue weighted by Gasteiger charge is 2.22. The predicted molar refractivity (Wildman–Crippen MR) is 53.5 cm³/mol. The molecule has 0 amide bonds. The summed E-state index contributed by atoms with van der Waals surface area (Å²) in [6, 6.07) is 0. The maximum Gasteiger partial charge on any atom is 0.158 e. The number of hydrogen-bond acceptors (Lipinski definition) is 1. The Bertz CT molecular complexity index is 223. The van der Waals surface area contributed by atoms with Gasteiger partial charge in [0.1, 0.15) is 0 Å². The van der Waals surface area contributed by atoms with E-state index >= 15 is 0 Å². The Hall–Kier alpha value is -0.590. The highest BCUT2D eigenvalue weighted by Crippen LogP contribution is 2.31. The molecule has 0 aromatic rings. The largest absolute Gasteiger partial charge is 0.295 e. The summed E-state index contributed by atoms with van der Waals surface area (Å²) in [5.41, 5.74) is 1.14. The van der Waals surface area contributed by atoms with Gasteiger partial charge in [0.25, 0.3) is 0 Å². The molecule has 0 aromatic carbocycles. The number of hydrogen-bond donors (Lipinski definition) is 0. The quantitative estimate of drug-likeness (QED) is 0.648. The van der Waals surface area contributed by atoms with E-state index in [0.717, 1.165) is 30.8 Å². The molecule has 0 aromatic heterocycles. The molecule has 13 heavy (non-hydrogen) atoms. The molecule has 0 spiro atoms. The first-order chi connectivity index (χ1) is 6.36. The van der Waals surface area contributed by atoms with Crippen molar-refractivity contribution in [2.75, 3.05) is 0 Å². The summed E-state index contributed by atoms with van der Waals surface area (Å²) < 4.78 is 0. The number of rotatable bonds is 3. The third-order valence-corrected chi connectivity index (χ3v) is 3.35. The summed E-state index contributed by atoms with van der Waals surface area (Å²) >= 11 is 0. The number of ketones is 1. The lowest BCUT2D eigenvalue weighted by molar-refractivity contribution is -0.117. The van der Waals surface area contributed by atoms with Gasteiger partial charge in [-0.15, -0.1) is 0 Å². The van der Waals surface area contributed by atoms with Crippen molar-refractivity contribution in [1.82, 2.24) is 0 Å². The van der Waals surface area contributed by atoms with Crippen molar-refractivity contribution in [2.45, 2.75) is 51.4 Å². The molecule has 2 aliphatic carbocycles. The summed E-state index contributed by atoms with van der Waals surface area (Å²) in [5, 5.41) is 0. The molecule has 0 radical (unpaired) electrons. The van der Waals surface area contributed by atoms with E-state index in [1.807, 2.05) is 0 Å². The molecule has 72 valence electrons. The van der Waals surface area contributed by atoms with Crippen molar-refractivity contribution in [3.8, 4) is 0 Å². The molecular weight excluding hydrogens is 160 g/mol. The van der Waals surface area contributed by atoms with Gasteiger partial charge in [0, 0.05) is 6.42 Å². The van der Waals surface area contributed by atoms with Crippen LogP contribution in [0.3, 0.4) is 0 Å². The van der Waals surface area contributed by atoms with Crippen LogP contribution in [0.4, 0.5) is 0 Å². The highest BCUT2D eigenvalue weighted by atomic mass is 16.1. The Morgan fingerprint density at radius 3 is 2.69 bits per heavy atom. The summed E-state index contributed by atoms with van der Waals surface area (Å²) in [6.45, 7) is 0. The SMILES string of the molecule is O=C(CC1CCC1)C1=CCCCC1. The minimum absolute atomic E-state index is 0.449. The number of allylic oxidation sites excluding steroid dienone is 2. The van der Waals surface area contributed by atoms with Crippen molar-refractivity contribution in [3.05, 3.63) is 11.6 Å². The second-order valence-corrected chi connectivity index (χ2v) is 4.40. The first kappa shape index (κ1) is 8.98. The number of carbonyl (C=O) groups excluding carboxylic acids is 1. The van der Waals surface area contributed by atoms with E-state index in [2.05, 4.69) is 6.08 Å². The van der Waals surface area contributed by atoms with E-state index in [1.165, 1.54) is 32.1 Å². The van der Waals surface area contributed by atoms with Crippen LogP contribution in [-0.2, 0) is 4.79 Å². The minimum Gasteiger partial charge on any atom is -0.295 e. The summed E-state index contributed by atoms with van der Waals surface area (Å²) in [5.74, 6) is 1.18. The zero-order valence-corrected chi connectivity index (χ0v) is 8.22. The predicted octanol–water partition coefficient (Wildman–Crippen LogP) is 3.25. The van der Waals surface area contributed by atoms with Gasteiger partial charge in [0.05, 0.1) is 0 Å². The number of carbonyl (C=O) groups is 1. The lowest BCUT2D eigenvalue weighted by atomic mass is 9.80. The maximum absolute atomic E-state index is 11.7. The second kappa shape index (κ2) is 4.08. The van der Waals surface area contributed by atoms with E-state index < -0.39 is 0 Å². The molecule has 0 N–H and O–H groups in total. The molecule has 1 heteroatoms. The van der Waals surface area contributed by atoms with Crippen LogP contribution < -0.4 is 0 Å². The van der Waals surface area contributed by atoms with Crippen LogP contribution in [0.5, 0.6) is 0 Å². The van der Waals surface area contributed by atoms with Gasteiger partial charge in [0.2, 0.25) is 0 Å². The molecule has 0 unspecified atom stereocenters. The van der Waals surface area contributed by atoms with Crippen molar-refractivity contribution in [1.29, 1.82) is 0 Å². The standard InChI is InChI=1S/C12H18O/c13-12(9-10-5-4-6-10)11-7-2-1-3-8-11/h7,10H,1-6,8-9H2. The minimum atomic E-state index is 0.449. The maximum atomic E-state index is 11.7. The van der Waals surface area contributed by atoms with Crippen molar-refractivity contribution in [3.63, 3.8) is 0 Å². The molecule has 2 aliphatic rings. The Morgan fingerprint density at radius 1 is 1.31 bits per heavy atom. The Balaban J connectivity index is 1.84. The lowest BCUT2D eigenvalue weighted by Gasteiger charge is -2.25. The van der Waals surface area contributed by atoms with Gasteiger partial charge in [-0.05, 0) is 37.2 Å². The molecule has 0 aliphatic heterocycles. The third kappa shape index (κ3) is 2.20. The number of Topliss-reactive ketones (excluding diaryl/α,β-unsaturated/α-hetero) is 1. The second-order valence-electron chi connectivity index (χ2n) is 4.40. The van der Waals surface area contributed by atoms with Crippen LogP contribution in [0.1, 0.15) is 51.4 Å². The van der Waals surface area contributed by atoms with Gasteiger partial charge in [-0.1, -0.05) is 25.3 Å². The fourth-order valence-electron chi connectivity index (χ4n) is 2.18. The molecule has 1 fully saturated rings. The molecule has 2 rings (SSSR count). The van der Waals surface area contributed by atoms with Crippen LogP contribution in [-0.4, -0.2) is 5.78 Å². The molecule has 0 saturated heterocycles. The fourth-order valence-corrected chi connectivity index (χ4v) is 2.18. The lowest BCUT2D eigenvalue weighted by Crippen LogP contribution is -2.17. The summed E-state index contributed by atoms with van der Waals surface area (Å²) in [7, 11) is 0. The Morgan fingerprint density at radius 2 is 2.15 bits per heavy atom. The van der Waals surface area contributed by atoms with Crippen LogP contribution in [0.25, 0.3) is 0 Å². The zero-order valence-electron chi connectivity index (χ0n) is 8.22. The molecule has 0 heterocycles. The van der Waals surface area contributed by atoms with E-state index in [-0.39, 0.29) is 0 Å². The van der Waals surface area contributed by atoms with Gasteiger partial charge >= 0.3 is 0 Å². The van der Waals surface area contributed by atoms with E-state index in [0.29, 0.717) is 5.78 Å². The van der Waals surface area contributed by atoms with E-state index in [4.69, 9.17) is 0 Å². The molecule has 1 saturated carbocycles. The van der Waals surface area contributed by atoms with Gasteiger partial charge in [-0.2, -0.15) is 0 Å². The monoisotopic (exact) mass is 178 g/mol. The van der Waals surface area contributed by atoms with Crippen LogP contribution in [0.2, 0.25) is 0 Å². The summed E-state index contributed by atoms with van der Waals surface area (Å²) in [6.07, 6.45) is 11.6. The van der Waals surface area contributed by atoms with Gasteiger partial charge in [-0.3, -0.25) is 4.79 Å². The van der Waals surface area contributed by atoms with Crippen LogP contribution in [0.15, 0.2) is 11.6 Å². The Labute approximate surface area is 80.2 Å². The molecular formula is C12H18O. The van der Waals surface area contributed by atoms with Crippen molar-refractivity contribution < 1.29 is 4.79 Å². The fraction of sp³-hybridized carbons (Fsp3) is 0.750. The highest BCUT2D eigenvalue weighted by molar-refractivity contribution is 5.95. The van der Waals surface area contributed by atoms with Crippen LogP contribution >= 0.6 is 0 Å². The molecule has 0 bridgehead atoms. The zero-order chi connectivity index (χ0) is 9.10. The Kier molecular flexibility index (Phi) is 2.82. The first-order valence-corrected chi connectivity index (χ1v) is 5.58. The smallest absolute Gasteiger partial charge is 0.158 e. The topological polar surface area (TPSA) is 17.1 Å². The normalized spacial score (nSPS) is 23.5. The average Bonchev–Trinajstić information content (AvgIpc) is 2.12. The van der Waals surface area contributed by atoms with E-state index in [1.54, 1.807) is 0 Å².